The van der Waals surface area contributed by atoms with Gasteiger partial charge in [0.1, 0.15) is 0 Å². The Labute approximate surface area is 125 Å². The van der Waals surface area contributed by atoms with Gasteiger partial charge >= 0.3 is 6.16 Å². The van der Waals surface area contributed by atoms with Crippen LogP contribution in [0.5, 0.6) is 23.0 Å². The van der Waals surface area contributed by atoms with Gasteiger partial charge in [-0.1, -0.05) is 12.1 Å². The van der Waals surface area contributed by atoms with E-state index in [1.165, 1.54) is 0 Å². The predicted octanol–water partition coefficient (Wildman–Crippen LogP) is 4.07. The highest BCUT2D eigenvalue weighted by Gasteiger charge is 2.55. The minimum absolute atomic E-state index is 0.562. The van der Waals surface area contributed by atoms with Crippen LogP contribution in [0.1, 0.15) is 0 Å². The molecule has 4 rings (SSSR count). The monoisotopic (exact) mass is 384 g/mol. The van der Waals surface area contributed by atoms with Crippen LogP contribution in [0.2, 0.25) is 0 Å². The van der Waals surface area contributed by atoms with E-state index in [4.69, 9.17) is 18.9 Å². The molecule has 0 N–H and O–H groups in total. The smallest absolute Gasteiger partial charge is 0.382 e. The Morgan fingerprint density at radius 1 is 0.684 bits per heavy atom. The molecule has 0 aromatic heterocycles. The molecule has 0 aliphatic carbocycles. The van der Waals surface area contributed by atoms with Crippen molar-refractivity contribution in [2.45, 2.75) is 6.16 Å². The first kappa shape index (κ1) is 11.4. The molecule has 0 saturated carbocycles. The quantitative estimate of drug-likeness (QED) is 0.685. The van der Waals surface area contributed by atoms with Gasteiger partial charge in [0.2, 0.25) is 0 Å². The first-order valence-electron chi connectivity index (χ1n) is 5.50. The van der Waals surface area contributed by atoms with E-state index in [0.717, 1.165) is 8.95 Å². The number of para-hydroxylation sites is 2. The highest BCUT2D eigenvalue weighted by molar-refractivity contribution is 9.10. The maximum atomic E-state index is 5.69. The van der Waals surface area contributed by atoms with Gasteiger partial charge in [-0.2, -0.15) is 0 Å². The van der Waals surface area contributed by atoms with Crippen molar-refractivity contribution in [3.05, 3.63) is 45.3 Å². The van der Waals surface area contributed by atoms with E-state index in [2.05, 4.69) is 31.9 Å². The number of hydrogen-bond donors (Lipinski definition) is 0. The molecule has 0 fully saturated rings. The third-order valence-electron chi connectivity index (χ3n) is 2.79. The van der Waals surface area contributed by atoms with Crippen LogP contribution < -0.4 is 18.9 Å². The lowest BCUT2D eigenvalue weighted by Gasteiger charge is -2.17. The van der Waals surface area contributed by atoms with Gasteiger partial charge in [0.25, 0.3) is 0 Å². The molecule has 6 heteroatoms. The molecule has 96 valence electrons. The second-order valence-electron chi connectivity index (χ2n) is 4.04. The van der Waals surface area contributed by atoms with Crippen LogP contribution in [-0.4, -0.2) is 6.16 Å². The van der Waals surface area contributed by atoms with Crippen LogP contribution >= 0.6 is 31.9 Å². The van der Waals surface area contributed by atoms with E-state index < -0.39 is 6.16 Å². The van der Waals surface area contributed by atoms with E-state index in [1.807, 2.05) is 24.3 Å². The first-order valence-corrected chi connectivity index (χ1v) is 7.08. The highest BCUT2D eigenvalue weighted by atomic mass is 79.9. The summed E-state index contributed by atoms with van der Waals surface area (Å²) in [5.74, 6) is 2.26. The van der Waals surface area contributed by atoms with Crippen molar-refractivity contribution in [3.8, 4) is 23.0 Å². The molecular formula is C13H6Br2O4. The third kappa shape index (κ3) is 1.63. The lowest BCUT2D eigenvalue weighted by molar-refractivity contribution is -0.330. The molecule has 0 radical (unpaired) electrons. The summed E-state index contributed by atoms with van der Waals surface area (Å²) in [5.41, 5.74) is 0. The Morgan fingerprint density at radius 3 is 1.58 bits per heavy atom. The topological polar surface area (TPSA) is 36.9 Å². The Bertz CT molecular complexity index is 627. The summed E-state index contributed by atoms with van der Waals surface area (Å²) >= 11 is 6.80. The summed E-state index contributed by atoms with van der Waals surface area (Å²) in [4.78, 5) is 0. The van der Waals surface area contributed by atoms with Crippen molar-refractivity contribution >= 4 is 31.9 Å². The zero-order valence-electron chi connectivity index (χ0n) is 9.35. The number of ether oxygens (including phenoxy) is 4. The zero-order valence-corrected chi connectivity index (χ0v) is 12.5. The second-order valence-corrected chi connectivity index (χ2v) is 5.75. The fraction of sp³-hybridized carbons (Fsp3) is 0.0769. The van der Waals surface area contributed by atoms with Crippen molar-refractivity contribution in [2.24, 2.45) is 0 Å². The van der Waals surface area contributed by atoms with Crippen LogP contribution in [0, 0.1) is 0 Å². The van der Waals surface area contributed by atoms with Crippen LogP contribution in [-0.2, 0) is 0 Å². The lowest BCUT2D eigenvalue weighted by Crippen LogP contribution is -2.47. The van der Waals surface area contributed by atoms with Gasteiger partial charge in [0.05, 0.1) is 8.95 Å². The molecule has 2 aliphatic rings. The standard InChI is InChI=1S/C13H6Br2O4/c14-7-3-1-5-9-11(7)18-13(16-9)17-10-6-2-4-8(15)12(10)19-13/h1-6H. The maximum absolute atomic E-state index is 5.69. The van der Waals surface area contributed by atoms with Crippen molar-refractivity contribution in [1.29, 1.82) is 0 Å². The molecule has 2 aromatic rings. The van der Waals surface area contributed by atoms with Gasteiger partial charge < -0.3 is 18.9 Å². The fourth-order valence-corrected chi connectivity index (χ4v) is 2.84. The van der Waals surface area contributed by atoms with Crippen molar-refractivity contribution in [3.63, 3.8) is 0 Å². The van der Waals surface area contributed by atoms with Gasteiger partial charge in [-0.25, -0.2) is 0 Å². The maximum Gasteiger partial charge on any atom is 0.611 e. The van der Waals surface area contributed by atoms with E-state index in [-0.39, 0.29) is 0 Å². The molecular weight excluding hydrogens is 380 g/mol. The molecule has 19 heavy (non-hydrogen) atoms. The van der Waals surface area contributed by atoms with Gasteiger partial charge in [0.15, 0.2) is 23.0 Å². The van der Waals surface area contributed by atoms with Gasteiger partial charge in [-0.05, 0) is 56.1 Å². The van der Waals surface area contributed by atoms with Crippen molar-refractivity contribution < 1.29 is 18.9 Å². The molecule has 0 unspecified atom stereocenters. The molecule has 1 spiro atoms. The Balaban J connectivity index is 1.75. The number of benzene rings is 2. The third-order valence-corrected chi connectivity index (χ3v) is 4.03. The SMILES string of the molecule is Brc1cccc2c1OC1(O2)Oc2cccc(Br)c2O1. The first-order chi connectivity index (χ1) is 9.17. The summed E-state index contributed by atoms with van der Waals surface area (Å²) in [7, 11) is 0. The van der Waals surface area contributed by atoms with E-state index in [9.17, 15) is 0 Å². The minimum Gasteiger partial charge on any atom is -0.382 e. The normalized spacial score (nSPS) is 16.9. The molecule has 4 nitrogen and oxygen atoms in total. The van der Waals surface area contributed by atoms with Gasteiger partial charge in [-0.3, -0.25) is 0 Å². The Morgan fingerprint density at radius 2 is 1.16 bits per heavy atom. The average molecular weight is 386 g/mol. The Kier molecular flexibility index (Phi) is 2.29. The summed E-state index contributed by atoms with van der Waals surface area (Å²) in [6.07, 6.45) is -1.57. The second kappa shape index (κ2) is 3.80. The van der Waals surface area contributed by atoms with E-state index in [1.54, 1.807) is 12.1 Å². The molecule has 2 aromatic carbocycles. The zero-order chi connectivity index (χ0) is 13.0. The number of hydrogen-bond acceptors (Lipinski definition) is 4. The fourth-order valence-electron chi connectivity index (χ4n) is 1.98. The van der Waals surface area contributed by atoms with Crippen LogP contribution in [0.25, 0.3) is 0 Å². The largest absolute Gasteiger partial charge is 0.611 e. The summed E-state index contributed by atoms with van der Waals surface area (Å²) in [5, 5.41) is 0. The van der Waals surface area contributed by atoms with Crippen LogP contribution in [0.15, 0.2) is 45.3 Å². The molecule has 2 heterocycles. The summed E-state index contributed by atoms with van der Waals surface area (Å²) in [6.45, 7) is 0. The van der Waals surface area contributed by atoms with Gasteiger partial charge in [-0.15, -0.1) is 0 Å². The van der Waals surface area contributed by atoms with Crippen LogP contribution in [0.3, 0.4) is 0 Å². The number of halogens is 2. The highest BCUT2D eigenvalue weighted by Crippen LogP contribution is 2.51. The Hall–Kier alpha value is -1.40. The molecule has 0 saturated heterocycles. The van der Waals surface area contributed by atoms with Crippen molar-refractivity contribution in [2.75, 3.05) is 0 Å². The number of fused-ring (bicyclic) bond motifs is 2. The lowest BCUT2D eigenvalue weighted by atomic mass is 10.3. The summed E-state index contributed by atoms with van der Waals surface area (Å²) in [6, 6.07) is 11.0. The molecule has 0 amide bonds. The molecule has 0 bridgehead atoms. The molecule has 0 atom stereocenters. The van der Waals surface area contributed by atoms with Gasteiger partial charge in [0, 0.05) is 0 Å². The molecule has 2 aliphatic heterocycles. The van der Waals surface area contributed by atoms with E-state index in [0.29, 0.717) is 23.0 Å². The van der Waals surface area contributed by atoms with E-state index >= 15 is 0 Å². The van der Waals surface area contributed by atoms with Crippen LogP contribution in [0.4, 0.5) is 0 Å². The summed E-state index contributed by atoms with van der Waals surface area (Å²) < 4.78 is 24.3. The minimum atomic E-state index is -1.57. The average Bonchev–Trinajstić information content (AvgIpc) is 2.92. The predicted molar refractivity (Wildman–Crippen MR) is 73.5 cm³/mol. The van der Waals surface area contributed by atoms with Crippen molar-refractivity contribution in [1.82, 2.24) is 0 Å². The number of rotatable bonds is 0.